The van der Waals surface area contributed by atoms with E-state index in [2.05, 4.69) is 10.6 Å². The Kier molecular flexibility index (Phi) is 4.52. The second-order valence-electron chi connectivity index (χ2n) is 4.19. The van der Waals surface area contributed by atoms with Gasteiger partial charge in [-0.3, -0.25) is 0 Å². The van der Waals surface area contributed by atoms with Gasteiger partial charge in [0.05, 0.1) is 16.4 Å². The van der Waals surface area contributed by atoms with E-state index in [1.165, 1.54) is 24.3 Å². The first-order chi connectivity index (χ1) is 9.45. The van der Waals surface area contributed by atoms with E-state index in [1.807, 2.05) is 6.92 Å². The largest absolute Gasteiger partial charge is 0.331 e. The fourth-order valence-electron chi connectivity index (χ4n) is 1.60. The van der Waals surface area contributed by atoms with Gasteiger partial charge in [0.15, 0.2) is 5.11 Å². The molecule has 20 heavy (non-hydrogen) atoms. The van der Waals surface area contributed by atoms with E-state index in [0.717, 1.165) is 5.56 Å². The van der Waals surface area contributed by atoms with Gasteiger partial charge in [-0.15, -0.1) is 0 Å². The molecule has 0 aromatic heterocycles. The fraction of sp³-hybridized carbons (Fsp3) is 0.0714. The van der Waals surface area contributed by atoms with Gasteiger partial charge in [0.2, 0.25) is 0 Å². The summed E-state index contributed by atoms with van der Waals surface area (Å²) in [5.74, 6) is -0.869. The Morgan fingerprint density at radius 1 is 1.05 bits per heavy atom. The zero-order valence-electron chi connectivity index (χ0n) is 10.5. The summed E-state index contributed by atoms with van der Waals surface area (Å²) in [5.41, 5.74) is 1.45. The molecule has 0 aliphatic heterocycles. The van der Waals surface area contributed by atoms with Crippen molar-refractivity contribution >= 4 is 40.3 Å². The zero-order chi connectivity index (χ0) is 14.7. The predicted octanol–water partition coefficient (Wildman–Crippen LogP) is 4.74. The molecule has 0 fully saturated rings. The summed E-state index contributed by atoms with van der Waals surface area (Å²) in [4.78, 5) is 0. The van der Waals surface area contributed by atoms with E-state index in [1.54, 1.807) is 12.1 Å². The van der Waals surface area contributed by atoms with Gasteiger partial charge < -0.3 is 10.6 Å². The highest BCUT2D eigenvalue weighted by Crippen LogP contribution is 2.23. The number of benzene rings is 2. The van der Waals surface area contributed by atoms with Crippen molar-refractivity contribution in [1.29, 1.82) is 0 Å². The van der Waals surface area contributed by atoms with E-state index in [-0.39, 0.29) is 10.8 Å². The van der Waals surface area contributed by atoms with Crippen molar-refractivity contribution in [1.82, 2.24) is 0 Å². The average molecular weight is 313 g/mol. The minimum Gasteiger partial charge on any atom is -0.331 e. The molecule has 0 saturated carbocycles. The van der Waals surface area contributed by atoms with Crippen LogP contribution in [0.15, 0.2) is 36.4 Å². The SMILES string of the molecule is Cc1ccc(F)c(NC(=S)Nc2cc(F)ccc2Cl)c1. The number of hydrogen-bond donors (Lipinski definition) is 2. The molecule has 104 valence electrons. The number of thiocarbonyl (C=S) groups is 1. The smallest absolute Gasteiger partial charge is 0.175 e. The number of rotatable bonds is 2. The molecule has 2 N–H and O–H groups in total. The molecule has 0 radical (unpaired) electrons. The Labute approximate surface area is 125 Å². The maximum absolute atomic E-state index is 13.6. The lowest BCUT2D eigenvalue weighted by molar-refractivity contribution is 0.628. The monoisotopic (exact) mass is 312 g/mol. The molecule has 0 atom stereocenters. The van der Waals surface area contributed by atoms with Crippen LogP contribution >= 0.6 is 23.8 Å². The number of anilines is 2. The van der Waals surface area contributed by atoms with Gasteiger partial charge in [-0.1, -0.05) is 17.7 Å². The van der Waals surface area contributed by atoms with Gasteiger partial charge in [-0.05, 0) is 55.0 Å². The first-order valence-corrected chi connectivity index (χ1v) is 6.53. The van der Waals surface area contributed by atoms with Crippen molar-refractivity contribution in [2.75, 3.05) is 10.6 Å². The molecule has 2 rings (SSSR count). The van der Waals surface area contributed by atoms with Crippen LogP contribution in [0.4, 0.5) is 20.2 Å². The molecule has 2 aromatic carbocycles. The predicted molar refractivity (Wildman–Crippen MR) is 82.4 cm³/mol. The number of halogens is 3. The van der Waals surface area contributed by atoms with Crippen molar-refractivity contribution in [2.45, 2.75) is 6.92 Å². The minimum atomic E-state index is -0.443. The highest BCUT2D eigenvalue weighted by atomic mass is 35.5. The van der Waals surface area contributed by atoms with E-state index < -0.39 is 11.6 Å². The van der Waals surface area contributed by atoms with Crippen molar-refractivity contribution in [3.05, 3.63) is 58.6 Å². The van der Waals surface area contributed by atoms with Gasteiger partial charge >= 0.3 is 0 Å². The highest BCUT2D eigenvalue weighted by molar-refractivity contribution is 7.80. The van der Waals surface area contributed by atoms with E-state index in [0.29, 0.717) is 10.7 Å². The lowest BCUT2D eigenvalue weighted by Crippen LogP contribution is -2.20. The second-order valence-corrected chi connectivity index (χ2v) is 5.00. The summed E-state index contributed by atoms with van der Waals surface area (Å²) < 4.78 is 26.7. The van der Waals surface area contributed by atoms with Crippen LogP contribution in [0, 0.1) is 18.6 Å². The maximum Gasteiger partial charge on any atom is 0.175 e. The average Bonchev–Trinajstić information content (AvgIpc) is 2.38. The van der Waals surface area contributed by atoms with Crippen molar-refractivity contribution in [3.8, 4) is 0 Å². The summed E-state index contributed by atoms with van der Waals surface area (Å²) >= 11 is 11.0. The van der Waals surface area contributed by atoms with Gasteiger partial charge in [0.25, 0.3) is 0 Å². The molecular formula is C14H11ClF2N2S. The van der Waals surface area contributed by atoms with Crippen LogP contribution in [0.5, 0.6) is 0 Å². The summed E-state index contributed by atoms with van der Waals surface area (Å²) in [5, 5.41) is 5.88. The molecule has 6 heteroatoms. The van der Waals surface area contributed by atoms with Crippen LogP contribution in [-0.2, 0) is 0 Å². The zero-order valence-corrected chi connectivity index (χ0v) is 12.1. The molecule has 0 spiro atoms. The summed E-state index contributed by atoms with van der Waals surface area (Å²) in [6.07, 6.45) is 0. The molecule has 0 aliphatic carbocycles. The van der Waals surface area contributed by atoms with Gasteiger partial charge in [-0.2, -0.15) is 0 Å². The lowest BCUT2D eigenvalue weighted by atomic mass is 10.2. The third-order valence-corrected chi connectivity index (χ3v) is 3.08. The molecule has 0 bridgehead atoms. The Morgan fingerprint density at radius 2 is 1.75 bits per heavy atom. The van der Waals surface area contributed by atoms with E-state index >= 15 is 0 Å². The summed E-state index contributed by atoms with van der Waals surface area (Å²) in [6, 6.07) is 8.48. The van der Waals surface area contributed by atoms with Crippen LogP contribution < -0.4 is 10.6 Å². The first-order valence-electron chi connectivity index (χ1n) is 5.75. The Bertz CT molecular complexity index is 606. The Hall–Kier alpha value is -1.72. The van der Waals surface area contributed by atoms with Crippen LogP contribution in [0.2, 0.25) is 5.02 Å². The molecule has 0 saturated heterocycles. The summed E-state index contributed by atoms with van der Waals surface area (Å²) in [6.45, 7) is 1.84. The van der Waals surface area contributed by atoms with Gasteiger partial charge in [-0.25, -0.2) is 8.78 Å². The molecular weight excluding hydrogens is 302 g/mol. The number of aryl methyl sites for hydroxylation is 1. The fourth-order valence-corrected chi connectivity index (χ4v) is 1.99. The highest BCUT2D eigenvalue weighted by Gasteiger charge is 2.07. The van der Waals surface area contributed by atoms with Crippen LogP contribution in [0.25, 0.3) is 0 Å². The number of nitrogens with one attached hydrogen (secondary N) is 2. The van der Waals surface area contributed by atoms with Crippen molar-refractivity contribution in [2.24, 2.45) is 0 Å². The van der Waals surface area contributed by atoms with Crippen molar-refractivity contribution in [3.63, 3.8) is 0 Å². The quantitative estimate of drug-likeness (QED) is 0.784. The van der Waals surface area contributed by atoms with Crippen molar-refractivity contribution < 1.29 is 8.78 Å². The molecule has 0 heterocycles. The summed E-state index contributed by atoms with van der Waals surface area (Å²) in [7, 11) is 0. The molecule has 2 nitrogen and oxygen atoms in total. The lowest BCUT2D eigenvalue weighted by Gasteiger charge is -2.12. The number of hydrogen-bond acceptors (Lipinski definition) is 1. The Balaban J connectivity index is 2.13. The van der Waals surface area contributed by atoms with Crippen LogP contribution in [0.1, 0.15) is 5.56 Å². The minimum absolute atomic E-state index is 0.127. The Morgan fingerprint density at radius 3 is 2.50 bits per heavy atom. The molecule has 0 amide bonds. The standard InChI is InChI=1S/C14H11ClF2N2S/c1-8-2-5-11(17)13(6-8)19-14(20)18-12-7-9(16)3-4-10(12)15/h2-7H,1H3,(H2,18,19,20). The van der Waals surface area contributed by atoms with Crippen LogP contribution in [0.3, 0.4) is 0 Å². The molecule has 0 unspecified atom stereocenters. The van der Waals surface area contributed by atoms with Gasteiger partial charge in [0.1, 0.15) is 11.6 Å². The van der Waals surface area contributed by atoms with Crippen LogP contribution in [-0.4, -0.2) is 5.11 Å². The molecule has 2 aromatic rings. The van der Waals surface area contributed by atoms with E-state index in [9.17, 15) is 8.78 Å². The normalized spacial score (nSPS) is 10.2. The topological polar surface area (TPSA) is 24.1 Å². The molecule has 0 aliphatic rings. The maximum atomic E-state index is 13.6. The van der Waals surface area contributed by atoms with E-state index in [4.69, 9.17) is 23.8 Å². The third kappa shape index (κ3) is 3.65. The second kappa shape index (κ2) is 6.15. The third-order valence-electron chi connectivity index (χ3n) is 2.55. The van der Waals surface area contributed by atoms with Gasteiger partial charge in [0, 0.05) is 0 Å². The first kappa shape index (κ1) is 14.7.